The van der Waals surface area contributed by atoms with E-state index in [0.717, 1.165) is 12.0 Å². The summed E-state index contributed by atoms with van der Waals surface area (Å²) in [6, 6.07) is 10.6. The molecule has 3 heterocycles. The molecule has 1 aliphatic heterocycles. The first-order chi connectivity index (χ1) is 14.4. The second-order valence-electron chi connectivity index (χ2n) is 7.72. The molecule has 0 radical (unpaired) electrons. The average molecular weight is 445 g/mol. The molecule has 0 aliphatic carbocycles. The van der Waals surface area contributed by atoms with Gasteiger partial charge in [-0.15, -0.1) is 11.3 Å². The quantitative estimate of drug-likeness (QED) is 0.446. The molecule has 7 nitrogen and oxygen atoms in total. The van der Waals surface area contributed by atoms with Crippen LogP contribution in [0.2, 0.25) is 0 Å². The van der Waals surface area contributed by atoms with Crippen molar-refractivity contribution in [2.45, 2.75) is 25.2 Å². The number of nitrogens with zero attached hydrogens (tertiary/aromatic N) is 3. The Labute approximate surface area is 180 Å². The fourth-order valence-corrected chi connectivity index (χ4v) is 6.14. The predicted octanol–water partition coefficient (Wildman–Crippen LogP) is 4.52. The van der Waals surface area contributed by atoms with Gasteiger partial charge in [-0.2, -0.15) is 9.41 Å². The summed E-state index contributed by atoms with van der Waals surface area (Å²) in [4.78, 5) is 4.82. The lowest BCUT2D eigenvalue weighted by atomic mass is 9.94. The van der Waals surface area contributed by atoms with E-state index >= 15 is 0 Å². The molecule has 1 saturated heterocycles. The number of nitrogens with one attached hydrogen (secondary N) is 1. The molecule has 3 aromatic rings. The monoisotopic (exact) mass is 444 g/mol. The van der Waals surface area contributed by atoms with Gasteiger partial charge < -0.3 is 4.42 Å². The lowest BCUT2D eigenvalue weighted by Crippen LogP contribution is -2.42. The topological polar surface area (TPSA) is 87.8 Å². The van der Waals surface area contributed by atoms with Gasteiger partial charge in [-0.1, -0.05) is 26.0 Å². The lowest BCUT2D eigenvalue weighted by molar-refractivity contribution is 0.222. The van der Waals surface area contributed by atoms with E-state index in [1.54, 1.807) is 47.1 Å². The van der Waals surface area contributed by atoms with Crippen LogP contribution in [0.5, 0.6) is 0 Å². The molecule has 1 fully saturated rings. The van der Waals surface area contributed by atoms with Crippen LogP contribution in [-0.2, 0) is 10.0 Å². The molecule has 1 aromatic carbocycles. The van der Waals surface area contributed by atoms with Gasteiger partial charge in [-0.05, 0) is 42.5 Å². The van der Waals surface area contributed by atoms with Crippen LogP contribution in [0.25, 0.3) is 11.3 Å². The highest BCUT2D eigenvalue weighted by Gasteiger charge is 2.31. The van der Waals surface area contributed by atoms with E-state index in [-0.39, 0.29) is 0 Å². The summed E-state index contributed by atoms with van der Waals surface area (Å²) in [6.45, 7) is 5.34. The molecule has 0 spiro atoms. The number of hydrazone groups is 1. The molecule has 1 N–H and O–H groups in total. The predicted molar refractivity (Wildman–Crippen MR) is 119 cm³/mol. The zero-order valence-corrected chi connectivity index (χ0v) is 18.5. The third kappa shape index (κ3) is 4.63. The first-order valence-electron chi connectivity index (χ1n) is 9.80. The third-order valence-electron chi connectivity index (χ3n) is 5.00. The van der Waals surface area contributed by atoms with E-state index in [2.05, 4.69) is 29.4 Å². The van der Waals surface area contributed by atoms with E-state index < -0.39 is 10.0 Å². The minimum atomic E-state index is -3.53. The largest absolute Gasteiger partial charge is 0.463 e. The molecule has 2 unspecified atom stereocenters. The SMILES string of the molecule is CC1CC(C)CN(S(=O)(=O)c2cccc(-c3csc(N/N=C/c4ccco4)n3)c2)C1. The Morgan fingerprint density at radius 2 is 2.03 bits per heavy atom. The van der Waals surface area contributed by atoms with Crippen LogP contribution in [-0.4, -0.2) is 37.0 Å². The van der Waals surface area contributed by atoms with Gasteiger partial charge in [0.15, 0.2) is 0 Å². The van der Waals surface area contributed by atoms with Gasteiger partial charge in [0.25, 0.3) is 0 Å². The molecular weight excluding hydrogens is 420 g/mol. The Balaban J connectivity index is 1.51. The van der Waals surface area contributed by atoms with Crippen molar-refractivity contribution in [2.75, 3.05) is 18.5 Å². The summed E-state index contributed by atoms with van der Waals surface area (Å²) >= 11 is 1.40. The number of hydrogen-bond acceptors (Lipinski definition) is 7. The number of hydrogen-bond donors (Lipinski definition) is 1. The van der Waals surface area contributed by atoms with Crippen molar-refractivity contribution in [2.24, 2.45) is 16.9 Å². The first-order valence-corrected chi connectivity index (χ1v) is 12.1. The number of anilines is 1. The van der Waals surface area contributed by atoms with Gasteiger partial charge >= 0.3 is 0 Å². The fourth-order valence-electron chi connectivity index (χ4n) is 3.74. The van der Waals surface area contributed by atoms with Crippen molar-refractivity contribution >= 4 is 32.7 Å². The van der Waals surface area contributed by atoms with E-state index in [9.17, 15) is 8.42 Å². The van der Waals surface area contributed by atoms with E-state index in [4.69, 9.17) is 4.42 Å². The Morgan fingerprint density at radius 1 is 1.23 bits per heavy atom. The molecule has 30 heavy (non-hydrogen) atoms. The van der Waals surface area contributed by atoms with Gasteiger partial charge in [-0.3, -0.25) is 5.43 Å². The van der Waals surface area contributed by atoms with Gasteiger partial charge in [0.2, 0.25) is 15.2 Å². The molecule has 0 amide bonds. The molecule has 2 aromatic heterocycles. The van der Waals surface area contributed by atoms with Gasteiger partial charge in [0.1, 0.15) is 5.76 Å². The summed E-state index contributed by atoms with van der Waals surface area (Å²) in [7, 11) is -3.53. The second-order valence-corrected chi connectivity index (χ2v) is 10.5. The number of furan rings is 1. The van der Waals surface area contributed by atoms with E-state index in [1.807, 2.05) is 11.4 Å². The minimum absolute atomic E-state index is 0.305. The maximum atomic E-state index is 13.2. The summed E-state index contributed by atoms with van der Waals surface area (Å²) < 4.78 is 33.2. The Hall–Kier alpha value is -2.49. The van der Waals surface area contributed by atoms with Gasteiger partial charge in [0, 0.05) is 24.0 Å². The molecule has 2 atom stereocenters. The summed E-state index contributed by atoms with van der Waals surface area (Å²) in [5.74, 6) is 1.36. The van der Waals surface area contributed by atoms with Crippen molar-refractivity contribution in [3.05, 3.63) is 53.8 Å². The molecule has 4 rings (SSSR count). The van der Waals surface area contributed by atoms with Crippen molar-refractivity contribution in [1.29, 1.82) is 0 Å². The number of aromatic nitrogens is 1. The smallest absolute Gasteiger partial charge is 0.243 e. The molecule has 1 aliphatic rings. The van der Waals surface area contributed by atoms with Crippen molar-refractivity contribution in [1.82, 2.24) is 9.29 Å². The maximum Gasteiger partial charge on any atom is 0.243 e. The van der Waals surface area contributed by atoms with Crippen LogP contribution in [0.1, 0.15) is 26.0 Å². The normalized spacial score (nSPS) is 20.6. The van der Waals surface area contributed by atoms with Crippen LogP contribution in [0.4, 0.5) is 5.13 Å². The van der Waals surface area contributed by atoms with Gasteiger partial charge in [-0.25, -0.2) is 13.4 Å². The third-order valence-corrected chi connectivity index (χ3v) is 7.58. The summed E-state index contributed by atoms with van der Waals surface area (Å²) in [5.41, 5.74) is 4.33. The molecule has 9 heteroatoms. The van der Waals surface area contributed by atoms with E-state index in [1.165, 1.54) is 11.3 Å². The van der Waals surface area contributed by atoms with Crippen LogP contribution in [0.15, 0.2) is 62.5 Å². The molecule has 0 saturated carbocycles. The Kier molecular flexibility index (Phi) is 6.03. The fraction of sp³-hybridized carbons (Fsp3) is 0.333. The van der Waals surface area contributed by atoms with Crippen molar-refractivity contribution in [3.8, 4) is 11.3 Å². The first kappa shape index (κ1) is 20.8. The van der Waals surface area contributed by atoms with E-state index in [0.29, 0.717) is 46.4 Å². The summed E-state index contributed by atoms with van der Waals surface area (Å²) in [6.07, 6.45) is 4.20. The zero-order valence-electron chi connectivity index (χ0n) is 16.9. The number of benzene rings is 1. The number of rotatable bonds is 6. The van der Waals surface area contributed by atoms with Crippen LogP contribution < -0.4 is 5.43 Å². The average Bonchev–Trinajstić information content (AvgIpc) is 3.40. The highest BCUT2D eigenvalue weighted by molar-refractivity contribution is 7.89. The number of thiazole rings is 1. The van der Waals surface area contributed by atoms with Gasteiger partial charge in [0.05, 0.1) is 23.1 Å². The van der Waals surface area contributed by atoms with Crippen LogP contribution >= 0.6 is 11.3 Å². The minimum Gasteiger partial charge on any atom is -0.463 e. The standard InChI is InChI=1S/C21H24N4O3S2/c1-15-9-16(2)13-25(12-15)30(26,27)19-7-3-5-17(10-19)20-14-29-21(23-20)24-22-11-18-6-4-8-28-18/h3-8,10-11,14-16H,9,12-13H2,1-2H3,(H,23,24)/b22-11+. The lowest BCUT2D eigenvalue weighted by Gasteiger charge is -2.34. The van der Waals surface area contributed by atoms with Crippen molar-refractivity contribution in [3.63, 3.8) is 0 Å². The summed E-state index contributed by atoms with van der Waals surface area (Å²) in [5, 5.41) is 6.59. The zero-order chi connectivity index (χ0) is 21.1. The number of sulfonamides is 1. The molecular formula is C21H24N4O3S2. The molecule has 158 valence electrons. The highest BCUT2D eigenvalue weighted by Crippen LogP contribution is 2.30. The Bertz CT molecular complexity index is 1110. The Morgan fingerprint density at radius 3 is 2.77 bits per heavy atom. The second kappa shape index (κ2) is 8.71. The maximum absolute atomic E-state index is 13.2. The van der Waals surface area contributed by atoms with Crippen LogP contribution in [0.3, 0.4) is 0 Å². The van der Waals surface area contributed by atoms with Crippen LogP contribution in [0, 0.1) is 11.8 Å². The number of piperidine rings is 1. The highest BCUT2D eigenvalue weighted by atomic mass is 32.2. The van der Waals surface area contributed by atoms with Crippen molar-refractivity contribution < 1.29 is 12.8 Å². The molecule has 0 bridgehead atoms.